The van der Waals surface area contributed by atoms with Crippen molar-refractivity contribution < 1.29 is 9.50 Å². The predicted molar refractivity (Wildman–Crippen MR) is 105 cm³/mol. The number of anilines is 1. The summed E-state index contributed by atoms with van der Waals surface area (Å²) in [5, 5.41) is 17.7. The summed E-state index contributed by atoms with van der Waals surface area (Å²) in [7, 11) is 0. The highest BCUT2D eigenvalue weighted by atomic mass is 19.1. The van der Waals surface area contributed by atoms with Crippen molar-refractivity contribution in [1.29, 1.82) is 0 Å². The Bertz CT molecular complexity index is 1150. The van der Waals surface area contributed by atoms with Crippen LogP contribution in [0.15, 0.2) is 49.2 Å². The van der Waals surface area contributed by atoms with Crippen LogP contribution >= 0.6 is 0 Å². The van der Waals surface area contributed by atoms with Crippen molar-refractivity contribution in [2.24, 2.45) is 0 Å². The van der Waals surface area contributed by atoms with Crippen LogP contribution in [0.5, 0.6) is 0 Å². The van der Waals surface area contributed by atoms with Crippen LogP contribution in [0.1, 0.15) is 17.7 Å². The molecule has 5 rings (SSSR count). The Morgan fingerprint density at radius 1 is 1.17 bits per heavy atom. The molecule has 1 N–H and O–H groups in total. The van der Waals surface area contributed by atoms with Gasteiger partial charge < -0.3 is 14.4 Å². The van der Waals surface area contributed by atoms with Gasteiger partial charge in [-0.25, -0.2) is 14.1 Å². The van der Waals surface area contributed by atoms with Crippen LogP contribution in [-0.4, -0.2) is 53.7 Å². The van der Waals surface area contributed by atoms with Gasteiger partial charge in [0.25, 0.3) is 0 Å². The number of aromatic nitrogens is 6. The normalized spacial score (nSPS) is 16.8. The number of pyridine rings is 2. The lowest BCUT2D eigenvalue weighted by molar-refractivity contribution is 0.281. The molecule has 0 saturated carbocycles. The van der Waals surface area contributed by atoms with E-state index in [2.05, 4.69) is 20.3 Å². The van der Waals surface area contributed by atoms with Gasteiger partial charge >= 0.3 is 0 Å². The van der Waals surface area contributed by atoms with Crippen LogP contribution in [0.2, 0.25) is 0 Å². The molecule has 9 heteroatoms. The molecule has 8 nitrogen and oxygen atoms in total. The molecular weight excluding hydrogens is 373 g/mol. The number of aliphatic hydroxyl groups is 1. The van der Waals surface area contributed by atoms with Crippen molar-refractivity contribution in [2.75, 3.05) is 18.0 Å². The van der Waals surface area contributed by atoms with Crippen molar-refractivity contribution in [3.63, 3.8) is 0 Å². The van der Waals surface area contributed by atoms with Gasteiger partial charge in [-0.3, -0.25) is 4.98 Å². The predicted octanol–water partition coefficient (Wildman–Crippen LogP) is 2.08. The molecule has 4 aromatic heterocycles. The lowest BCUT2D eigenvalue weighted by Crippen LogP contribution is -2.20. The molecule has 0 bridgehead atoms. The number of hydrogen-bond donors (Lipinski definition) is 1. The molecule has 148 valence electrons. The Labute approximate surface area is 166 Å². The van der Waals surface area contributed by atoms with Gasteiger partial charge in [-0.15, -0.1) is 5.10 Å². The molecule has 0 aliphatic carbocycles. The zero-order valence-electron chi connectivity index (χ0n) is 15.7. The first-order valence-electron chi connectivity index (χ1n) is 9.50. The van der Waals surface area contributed by atoms with Gasteiger partial charge in [-0.2, -0.15) is 0 Å². The largest absolute Gasteiger partial charge is 0.392 e. The SMILES string of the molecule is OCc1ccc2nc(Cn3cc(-c4cncc(N5CCC(F)C5)c4)nn3)cn2c1. The Morgan fingerprint density at radius 3 is 2.93 bits per heavy atom. The number of halogens is 1. The summed E-state index contributed by atoms with van der Waals surface area (Å²) in [6.07, 6.45) is 8.89. The molecule has 0 amide bonds. The molecule has 29 heavy (non-hydrogen) atoms. The smallest absolute Gasteiger partial charge is 0.137 e. The van der Waals surface area contributed by atoms with Crippen molar-refractivity contribution >= 4 is 11.3 Å². The second-order valence-electron chi connectivity index (χ2n) is 7.26. The highest BCUT2D eigenvalue weighted by molar-refractivity contribution is 5.63. The molecule has 4 aromatic rings. The van der Waals surface area contributed by atoms with Gasteiger partial charge in [0.2, 0.25) is 0 Å². The van der Waals surface area contributed by atoms with Gasteiger partial charge in [0.15, 0.2) is 0 Å². The average molecular weight is 393 g/mol. The second-order valence-corrected chi connectivity index (χ2v) is 7.26. The van der Waals surface area contributed by atoms with Crippen LogP contribution < -0.4 is 4.90 Å². The van der Waals surface area contributed by atoms with Crippen LogP contribution in [0.3, 0.4) is 0 Å². The van der Waals surface area contributed by atoms with E-state index in [0.717, 1.165) is 28.2 Å². The molecule has 0 radical (unpaired) electrons. The van der Waals surface area contributed by atoms with E-state index in [1.807, 2.05) is 46.1 Å². The number of alkyl halides is 1. The number of nitrogens with zero attached hydrogens (tertiary/aromatic N) is 7. The van der Waals surface area contributed by atoms with E-state index >= 15 is 0 Å². The Balaban J connectivity index is 1.36. The van der Waals surface area contributed by atoms with Gasteiger partial charge in [0.05, 0.1) is 36.9 Å². The average Bonchev–Trinajstić information content (AvgIpc) is 3.47. The maximum absolute atomic E-state index is 13.5. The maximum Gasteiger partial charge on any atom is 0.137 e. The molecule has 5 heterocycles. The lowest BCUT2D eigenvalue weighted by Gasteiger charge is -2.17. The highest BCUT2D eigenvalue weighted by Crippen LogP contribution is 2.25. The van der Waals surface area contributed by atoms with Gasteiger partial charge in [-0.1, -0.05) is 11.3 Å². The first-order chi connectivity index (χ1) is 14.2. The topological polar surface area (TPSA) is 84.4 Å². The zero-order valence-corrected chi connectivity index (χ0v) is 15.7. The summed E-state index contributed by atoms with van der Waals surface area (Å²) in [5.74, 6) is 0. The van der Waals surface area contributed by atoms with E-state index in [1.165, 1.54) is 0 Å². The number of hydrogen-bond acceptors (Lipinski definition) is 6. The van der Waals surface area contributed by atoms with E-state index in [-0.39, 0.29) is 6.61 Å². The standard InChI is InChI=1S/C20H20FN7O/c21-16-3-4-26(9-16)18-5-15(6-22-7-18)19-12-28(25-24-19)11-17-10-27-8-14(13-29)1-2-20(27)23-17/h1-2,5-8,10,12,16,29H,3-4,9,11,13H2. The molecule has 1 unspecified atom stereocenters. The first kappa shape index (κ1) is 17.7. The maximum atomic E-state index is 13.5. The molecule has 0 aromatic carbocycles. The third kappa shape index (κ3) is 3.56. The fraction of sp³-hybridized carbons (Fsp3) is 0.300. The van der Waals surface area contributed by atoms with Gasteiger partial charge in [0.1, 0.15) is 17.5 Å². The van der Waals surface area contributed by atoms with Gasteiger partial charge in [-0.05, 0) is 24.1 Å². The molecule has 1 fully saturated rings. The van der Waals surface area contributed by atoms with Gasteiger partial charge in [0, 0.05) is 37.2 Å². The van der Waals surface area contributed by atoms with Crippen molar-refractivity contribution in [2.45, 2.75) is 25.7 Å². The van der Waals surface area contributed by atoms with Crippen molar-refractivity contribution in [1.82, 2.24) is 29.4 Å². The Kier molecular flexibility index (Phi) is 4.44. The monoisotopic (exact) mass is 393 g/mol. The number of aliphatic hydroxyl groups excluding tert-OH is 1. The van der Waals surface area contributed by atoms with E-state index in [9.17, 15) is 9.50 Å². The number of fused-ring (bicyclic) bond motifs is 1. The quantitative estimate of drug-likeness (QED) is 0.559. The molecule has 0 spiro atoms. The molecule has 1 saturated heterocycles. The van der Waals surface area contributed by atoms with Crippen molar-refractivity contribution in [3.05, 3.63) is 60.4 Å². The lowest BCUT2D eigenvalue weighted by atomic mass is 10.2. The fourth-order valence-corrected chi connectivity index (χ4v) is 3.63. The van der Waals surface area contributed by atoms with Crippen LogP contribution in [0, 0.1) is 0 Å². The summed E-state index contributed by atoms with van der Waals surface area (Å²) >= 11 is 0. The summed E-state index contributed by atoms with van der Waals surface area (Å²) in [4.78, 5) is 10.9. The first-order valence-corrected chi connectivity index (χ1v) is 9.50. The van der Waals surface area contributed by atoms with E-state index in [0.29, 0.717) is 31.7 Å². The highest BCUT2D eigenvalue weighted by Gasteiger charge is 2.22. The minimum Gasteiger partial charge on any atom is -0.392 e. The van der Waals surface area contributed by atoms with Crippen LogP contribution in [0.25, 0.3) is 16.9 Å². The Morgan fingerprint density at radius 2 is 2.10 bits per heavy atom. The molecule has 1 aliphatic heterocycles. The number of imidazole rings is 1. The summed E-state index contributed by atoms with van der Waals surface area (Å²) in [6, 6.07) is 5.70. The minimum absolute atomic E-state index is 0.00754. The third-order valence-electron chi connectivity index (χ3n) is 5.12. The second kappa shape index (κ2) is 7.25. The van der Waals surface area contributed by atoms with Crippen molar-refractivity contribution in [3.8, 4) is 11.3 Å². The summed E-state index contributed by atoms with van der Waals surface area (Å²) in [6.45, 7) is 1.58. The summed E-state index contributed by atoms with van der Waals surface area (Å²) < 4.78 is 17.1. The zero-order chi connectivity index (χ0) is 19.8. The molecule has 1 aliphatic rings. The summed E-state index contributed by atoms with van der Waals surface area (Å²) in [5.41, 5.74) is 4.94. The fourth-order valence-electron chi connectivity index (χ4n) is 3.63. The van der Waals surface area contributed by atoms with E-state index in [4.69, 9.17) is 0 Å². The Hall–Kier alpha value is -3.33. The van der Waals surface area contributed by atoms with Crippen LogP contribution in [0.4, 0.5) is 10.1 Å². The molecular formula is C20H20FN7O. The van der Waals surface area contributed by atoms with Crippen LogP contribution in [-0.2, 0) is 13.2 Å². The third-order valence-corrected chi connectivity index (χ3v) is 5.12. The minimum atomic E-state index is -0.779. The molecule has 1 atom stereocenters. The van der Waals surface area contributed by atoms with E-state index in [1.54, 1.807) is 17.1 Å². The number of rotatable bonds is 5. The van der Waals surface area contributed by atoms with E-state index < -0.39 is 6.17 Å².